The number of carbonyl (C=O) groups is 1. The third-order valence-corrected chi connectivity index (χ3v) is 6.18. The van der Waals surface area contributed by atoms with E-state index >= 15 is 0 Å². The van der Waals surface area contributed by atoms with E-state index in [9.17, 15) is 13.6 Å². The van der Waals surface area contributed by atoms with E-state index in [-0.39, 0.29) is 23.8 Å². The predicted molar refractivity (Wildman–Crippen MR) is 111 cm³/mol. The Bertz CT molecular complexity index is 1060. The normalized spacial score (nSPS) is 20.8. The van der Waals surface area contributed by atoms with Crippen LogP contribution >= 0.6 is 0 Å². The van der Waals surface area contributed by atoms with Gasteiger partial charge in [-0.15, -0.1) is 0 Å². The topological polar surface area (TPSA) is 48.6 Å². The molecular formula is C23H23F2N3O2. The minimum absolute atomic E-state index is 0.199. The minimum Gasteiger partial charge on any atom is -0.443 e. The van der Waals surface area contributed by atoms with Gasteiger partial charge in [0.25, 0.3) is 0 Å². The van der Waals surface area contributed by atoms with Gasteiger partial charge >= 0.3 is 6.09 Å². The van der Waals surface area contributed by atoms with Crippen molar-refractivity contribution in [1.82, 2.24) is 9.88 Å². The fraction of sp³-hybridized carbons (Fsp3) is 0.348. The third kappa shape index (κ3) is 3.65. The van der Waals surface area contributed by atoms with E-state index in [2.05, 4.69) is 9.88 Å². The fourth-order valence-corrected chi connectivity index (χ4v) is 4.62. The number of amides is 1. The van der Waals surface area contributed by atoms with E-state index in [1.165, 1.54) is 29.8 Å². The van der Waals surface area contributed by atoms with Crippen molar-refractivity contribution in [3.8, 4) is 0 Å². The number of ether oxygens (including phenoxy) is 1. The smallest absolute Gasteiger partial charge is 0.414 e. The average Bonchev–Trinajstić information content (AvgIpc) is 3.32. The maximum Gasteiger partial charge on any atom is 0.414 e. The summed E-state index contributed by atoms with van der Waals surface area (Å²) in [5.41, 5.74) is 2.74. The van der Waals surface area contributed by atoms with Crippen molar-refractivity contribution in [1.29, 1.82) is 0 Å². The molecule has 5 nitrogen and oxygen atoms in total. The SMILES string of the molecule is O=C1OC(CN2CCC(c3c[nH]c4cc(F)ccc34)CC2)CN1c1ccc(F)cc1. The van der Waals surface area contributed by atoms with Crippen LogP contribution in [0.25, 0.3) is 10.9 Å². The average molecular weight is 411 g/mol. The summed E-state index contributed by atoms with van der Waals surface area (Å²) >= 11 is 0. The van der Waals surface area contributed by atoms with E-state index in [0.29, 0.717) is 24.7 Å². The summed E-state index contributed by atoms with van der Waals surface area (Å²) < 4.78 is 32.1. The number of hydrogen-bond donors (Lipinski definition) is 1. The number of cyclic esters (lactones) is 1. The number of H-pyrrole nitrogens is 1. The highest BCUT2D eigenvalue weighted by Crippen LogP contribution is 2.34. The van der Waals surface area contributed by atoms with Crippen molar-refractivity contribution in [3.63, 3.8) is 0 Å². The van der Waals surface area contributed by atoms with Crippen LogP contribution in [0.4, 0.5) is 19.3 Å². The Hall–Kier alpha value is -2.93. The molecular weight excluding hydrogens is 388 g/mol. The maximum atomic E-state index is 13.4. The highest BCUT2D eigenvalue weighted by Gasteiger charge is 2.34. The summed E-state index contributed by atoms with van der Waals surface area (Å²) in [6, 6.07) is 10.8. The summed E-state index contributed by atoms with van der Waals surface area (Å²) in [6.45, 7) is 3.00. The molecule has 156 valence electrons. The van der Waals surface area contributed by atoms with Crippen LogP contribution in [0.3, 0.4) is 0 Å². The molecule has 3 heterocycles. The van der Waals surface area contributed by atoms with Crippen molar-refractivity contribution >= 4 is 22.7 Å². The standard InChI is InChI=1S/C23H23F2N3O2/c24-16-1-4-18(5-2-16)28-14-19(30-23(28)29)13-27-9-7-15(8-10-27)21-12-26-22-11-17(25)3-6-20(21)22/h1-6,11-12,15,19,26H,7-10,13-14H2. The molecule has 30 heavy (non-hydrogen) atoms. The highest BCUT2D eigenvalue weighted by atomic mass is 19.1. The number of nitrogens with one attached hydrogen (secondary N) is 1. The van der Waals surface area contributed by atoms with Crippen molar-refractivity contribution in [2.45, 2.75) is 24.9 Å². The second-order valence-electron chi connectivity index (χ2n) is 8.10. The zero-order valence-electron chi connectivity index (χ0n) is 16.5. The molecule has 1 unspecified atom stereocenters. The Morgan fingerprint density at radius 3 is 2.53 bits per heavy atom. The molecule has 2 saturated heterocycles. The number of rotatable bonds is 4. The molecule has 0 radical (unpaired) electrons. The van der Waals surface area contributed by atoms with Gasteiger partial charge in [-0.3, -0.25) is 9.80 Å². The summed E-state index contributed by atoms with van der Waals surface area (Å²) in [7, 11) is 0. The van der Waals surface area contributed by atoms with E-state index in [0.717, 1.165) is 36.8 Å². The zero-order valence-corrected chi connectivity index (χ0v) is 16.5. The number of nitrogens with zero attached hydrogens (tertiary/aromatic N) is 2. The first-order valence-corrected chi connectivity index (χ1v) is 10.3. The van der Waals surface area contributed by atoms with E-state index in [1.54, 1.807) is 17.0 Å². The van der Waals surface area contributed by atoms with E-state index < -0.39 is 0 Å². The molecule has 0 saturated carbocycles. The monoisotopic (exact) mass is 411 g/mol. The molecule has 0 spiro atoms. The number of piperidine rings is 1. The molecule has 2 aliphatic rings. The van der Waals surface area contributed by atoms with Crippen molar-refractivity contribution in [3.05, 3.63) is 65.9 Å². The second-order valence-corrected chi connectivity index (χ2v) is 8.10. The second kappa shape index (κ2) is 7.72. The van der Waals surface area contributed by atoms with Gasteiger partial charge in [0.2, 0.25) is 0 Å². The number of aromatic amines is 1. The number of halogens is 2. The van der Waals surface area contributed by atoms with Gasteiger partial charge in [-0.1, -0.05) is 0 Å². The molecule has 2 fully saturated rings. The lowest BCUT2D eigenvalue weighted by Crippen LogP contribution is -2.39. The van der Waals surface area contributed by atoms with Gasteiger partial charge in [-0.05, 0) is 79.9 Å². The van der Waals surface area contributed by atoms with Crippen LogP contribution < -0.4 is 4.90 Å². The zero-order chi connectivity index (χ0) is 20.7. The molecule has 2 aromatic carbocycles. The molecule has 0 aliphatic carbocycles. The van der Waals surface area contributed by atoms with E-state index in [1.807, 2.05) is 12.3 Å². The van der Waals surface area contributed by atoms with Gasteiger partial charge in [0.15, 0.2) is 0 Å². The number of fused-ring (bicyclic) bond motifs is 1. The van der Waals surface area contributed by atoms with E-state index in [4.69, 9.17) is 4.74 Å². The van der Waals surface area contributed by atoms with Gasteiger partial charge in [-0.2, -0.15) is 0 Å². The molecule has 1 N–H and O–H groups in total. The van der Waals surface area contributed by atoms with Crippen LogP contribution in [0.2, 0.25) is 0 Å². The van der Waals surface area contributed by atoms with Crippen LogP contribution in [0.15, 0.2) is 48.7 Å². The van der Waals surface area contributed by atoms with Crippen LogP contribution in [0.1, 0.15) is 24.3 Å². The molecule has 2 aliphatic heterocycles. The van der Waals surface area contributed by atoms with Crippen LogP contribution in [0, 0.1) is 11.6 Å². The van der Waals surface area contributed by atoms with Crippen molar-refractivity contribution in [2.75, 3.05) is 31.1 Å². The molecule has 7 heteroatoms. The molecule has 1 aromatic heterocycles. The van der Waals surface area contributed by atoms with Gasteiger partial charge in [0.05, 0.1) is 6.54 Å². The summed E-state index contributed by atoms with van der Waals surface area (Å²) in [6.07, 6.45) is 3.44. The first kappa shape index (κ1) is 19.1. The Labute approximate surface area is 173 Å². The Balaban J connectivity index is 1.18. The number of benzene rings is 2. The Morgan fingerprint density at radius 1 is 1.03 bits per heavy atom. The van der Waals surface area contributed by atoms with Gasteiger partial charge in [-0.25, -0.2) is 13.6 Å². The number of likely N-dealkylation sites (tertiary alicyclic amines) is 1. The first-order chi connectivity index (χ1) is 14.6. The summed E-state index contributed by atoms with van der Waals surface area (Å²) in [4.78, 5) is 19.3. The molecule has 3 aromatic rings. The molecule has 0 bridgehead atoms. The maximum absolute atomic E-state index is 13.4. The van der Waals surface area contributed by atoms with Crippen LogP contribution in [0.5, 0.6) is 0 Å². The minimum atomic E-state index is -0.382. The highest BCUT2D eigenvalue weighted by molar-refractivity contribution is 5.89. The van der Waals surface area contributed by atoms with Crippen molar-refractivity contribution in [2.24, 2.45) is 0 Å². The lowest BCUT2D eigenvalue weighted by molar-refractivity contribution is 0.0977. The molecule has 1 amide bonds. The Kier molecular flexibility index (Phi) is 4.90. The Morgan fingerprint density at radius 2 is 1.77 bits per heavy atom. The number of carbonyl (C=O) groups excluding carboxylic acids is 1. The van der Waals surface area contributed by atoms with Gasteiger partial charge in [0.1, 0.15) is 17.7 Å². The van der Waals surface area contributed by atoms with Crippen molar-refractivity contribution < 1.29 is 18.3 Å². The number of aromatic nitrogens is 1. The summed E-state index contributed by atoms with van der Waals surface area (Å²) in [5.74, 6) is -0.125. The fourth-order valence-electron chi connectivity index (χ4n) is 4.62. The predicted octanol–water partition coefficient (Wildman–Crippen LogP) is 4.65. The largest absolute Gasteiger partial charge is 0.443 e. The lowest BCUT2D eigenvalue weighted by Gasteiger charge is -2.32. The quantitative estimate of drug-likeness (QED) is 0.680. The number of anilines is 1. The third-order valence-electron chi connectivity index (χ3n) is 6.18. The number of hydrogen-bond acceptors (Lipinski definition) is 3. The first-order valence-electron chi connectivity index (χ1n) is 10.3. The lowest BCUT2D eigenvalue weighted by atomic mass is 9.89. The summed E-state index contributed by atoms with van der Waals surface area (Å²) in [5, 5.41) is 1.09. The molecule has 1 atom stereocenters. The van der Waals surface area contributed by atoms with Gasteiger partial charge < -0.3 is 9.72 Å². The van der Waals surface area contributed by atoms with Crippen LogP contribution in [-0.2, 0) is 4.74 Å². The molecule has 5 rings (SSSR count). The van der Waals surface area contributed by atoms with Crippen LogP contribution in [-0.4, -0.2) is 48.3 Å². The van der Waals surface area contributed by atoms with Gasteiger partial charge in [0, 0.05) is 29.3 Å².